The van der Waals surface area contributed by atoms with Crippen LogP contribution in [0.3, 0.4) is 0 Å². The van der Waals surface area contributed by atoms with E-state index in [9.17, 15) is 9.18 Å². The lowest BCUT2D eigenvalue weighted by Gasteiger charge is -1.97. The molecule has 7 heteroatoms. The molecule has 0 saturated carbocycles. The minimum Gasteiger partial charge on any atom is -0.463 e. The minimum absolute atomic E-state index is 0.00869. The van der Waals surface area contributed by atoms with Crippen molar-refractivity contribution in [3.05, 3.63) is 40.5 Å². The second-order valence-corrected chi connectivity index (χ2v) is 4.26. The Morgan fingerprint density at radius 2 is 2.20 bits per heavy atom. The van der Waals surface area contributed by atoms with Gasteiger partial charge in [0, 0.05) is 12.7 Å². The van der Waals surface area contributed by atoms with E-state index in [0.29, 0.717) is 5.56 Å². The van der Waals surface area contributed by atoms with Crippen molar-refractivity contribution in [3.8, 4) is 11.5 Å². The Bertz CT molecular complexity index is 641. The van der Waals surface area contributed by atoms with E-state index in [-0.39, 0.29) is 29.0 Å². The molecule has 2 aromatic rings. The number of hydrogen-bond donors (Lipinski definition) is 0. The quantitative estimate of drug-likeness (QED) is 0.812. The lowest BCUT2D eigenvalue weighted by molar-refractivity contribution is 0.0559. The molecule has 1 aromatic heterocycles. The third-order valence-electron chi connectivity index (χ3n) is 2.52. The number of hydrogen-bond acceptors (Lipinski definition) is 5. The number of nitrogens with zero attached hydrogens (tertiary/aromatic N) is 1. The number of halogens is 2. The molecule has 0 aliphatic carbocycles. The zero-order valence-corrected chi connectivity index (χ0v) is 11.5. The van der Waals surface area contributed by atoms with Crippen LogP contribution < -0.4 is 0 Å². The highest BCUT2D eigenvalue weighted by molar-refractivity contribution is 6.30. The molecular weight excluding hydrogens is 289 g/mol. The van der Waals surface area contributed by atoms with Crippen LogP contribution in [-0.2, 0) is 16.1 Å². The van der Waals surface area contributed by atoms with Gasteiger partial charge >= 0.3 is 5.97 Å². The van der Waals surface area contributed by atoms with Gasteiger partial charge in [-0.05, 0) is 18.2 Å². The van der Waals surface area contributed by atoms with Crippen LogP contribution in [-0.4, -0.2) is 25.2 Å². The molecule has 0 unspecified atom stereocenters. The molecule has 0 bridgehead atoms. The molecule has 0 aliphatic rings. The van der Waals surface area contributed by atoms with Crippen molar-refractivity contribution in [3.63, 3.8) is 0 Å². The van der Waals surface area contributed by atoms with Crippen molar-refractivity contribution in [1.29, 1.82) is 0 Å². The first-order valence-electron chi connectivity index (χ1n) is 5.59. The van der Waals surface area contributed by atoms with E-state index in [1.165, 1.54) is 32.4 Å². The monoisotopic (exact) mass is 299 g/mol. The number of ether oxygens (including phenoxy) is 2. The SMILES string of the molecule is COCc1nc(-c2ccc(Cl)c(F)c2)oc1C(=O)OC. The largest absolute Gasteiger partial charge is 0.463 e. The molecule has 0 amide bonds. The second-order valence-electron chi connectivity index (χ2n) is 3.85. The van der Waals surface area contributed by atoms with Gasteiger partial charge in [0.1, 0.15) is 11.5 Å². The number of esters is 1. The first-order valence-corrected chi connectivity index (χ1v) is 5.97. The van der Waals surface area contributed by atoms with Gasteiger partial charge in [0.2, 0.25) is 11.7 Å². The predicted octanol–water partition coefficient (Wildman–Crippen LogP) is 3.07. The Morgan fingerprint density at radius 1 is 1.45 bits per heavy atom. The highest BCUT2D eigenvalue weighted by Crippen LogP contribution is 2.26. The molecule has 106 valence electrons. The zero-order valence-electron chi connectivity index (χ0n) is 10.8. The number of oxazole rings is 1. The molecule has 20 heavy (non-hydrogen) atoms. The van der Waals surface area contributed by atoms with Crippen LogP contribution in [0, 0.1) is 5.82 Å². The average molecular weight is 300 g/mol. The molecule has 5 nitrogen and oxygen atoms in total. The van der Waals surface area contributed by atoms with Crippen molar-refractivity contribution >= 4 is 17.6 Å². The van der Waals surface area contributed by atoms with Gasteiger partial charge in [-0.15, -0.1) is 0 Å². The van der Waals surface area contributed by atoms with E-state index in [1.807, 2.05) is 0 Å². The highest BCUT2D eigenvalue weighted by atomic mass is 35.5. The zero-order chi connectivity index (χ0) is 14.7. The van der Waals surface area contributed by atoms with Crippen LogP contribution in [0.5, 0.6) is 0 Å². The first-order chi connectivity index (χ1) is 9.56. The van der Waals surface area contributed by atoms with E-state index in [1.54, 1.807) is 0 Å². The Morgan fingerprint density at radius 3 is 2.80 bits per heavy atom. The molecule has 0 fully saturated rings. The third-order valence-corrected chi connectivity index (χ3v) is 2.82. The van der Waals surface area contributed by atoms with Crippen molar-refractivity contribution in [2.24, 2.45) is 0 Å². The van der Waals surface area contributed by atoms with E-state index in [2.05, 4.69) is 9.72 Å². The standard InChI is InChI=1S/C13H11ClFNO4/c1-18-6-10-11(13(17)19-2)20-12(16-10)7-3-4-8(14)9(15)5-7/h3-5H,6H2,1-2H3. The minimum atomic E-state index is -0.676. The van der Waals surface area contributed by atoms with E-state index in [0.717, 1.165) is 0 Å². The normalized spacial score (nSPS) is 10.6. The molecule has 0 N–H and O–H groups in total. The summed E-state index contributed by atoms with van der Waals surface area (Å²) in [6, 6.07) is 4.09. The summed E-state index contributed by atoms with van der Waals surface area (Å²) in [4.78, 5) is 15.7. The highest BCUT2D eigenvalue weighted by Gasteiger charge is 2.22. The Balaban J connectivity index is 2.46. The molecular formula is C13H11ClFNO4. The van der Waals surface area contributed by atoms with Crippen molar-refractivity contribution < 1.29 is 23.1 Å². The molecule has 1 aromatic carbocycles. The summed E-state index contributed by atoms with van der Waals surface area (Å²) in [6.07, 6.45) is 0. The molecule has 1 heterocycles. The Labute approximate surface area is 119 Å². The van der Waals surface area contributed by atoms with Gasteiger partial charge in [0.25, 0.3) is 0 Å². The average Bonchev–Trinajstić information content (AvgIpc) is 2.85. The molecule has 2 rings (SSSR count). The van der Waals surface area contributed by atoms with Gasteiger partial charge in [0.05, 0.1) is 18.7 Å². The van der Waals surface area contributed by atoms with Crippen LogP contribution in [0.1, 0.15) is 16.2 Å². The van der Waals surface area contributed by atoms with E-state index < -0.39 is 11.8 Å². The predicted molar refractivity (Wildman–Crippen MR) is 69.0 cm³/mol. The topological polar surface area (TPSA) is 61.6 Å². The van der Waals surface area contributed by atoms with Gasteiger partial charge in [-0.1, -0.05) is 11.6 Å². The number of benzene rings is 1. The second kappa shape index (κ2) is 6.02. The first kappa shape index (κ1) is 14.5. The van der Waals surface area contributed by atoms with Crippen LogP contribution in [0.4, 0.5) is 4.39 Å². The molecule has 0 atom stereocenters. The Hall–Kier alpha value is -1.92. The molecule has 0 spiro atoms. The van der Waals surface area contributed by atoms with Crippen LogP contribution >= 0.6 is 11.6 Å². The van der Waals surface area contributed by atoms with Gasteiger partial charge in [0.15, 0.2) is 0 Å². The van der Waals surface area contributed by atoms with E-state index in [4.69, 9.17) is 20.8 Å². The van der Waals surface area contributed by atoms with Gasteiger partial charge < -0.3 is 13.9 Å². The summed E-state index contributed by atoms with van der Waals surface area (Å²) in [6.45, 7) is 0.0734. The van der Waals surface area contributed by atoms with Crippen molar-refractivity contribution in [1.82, 2.24) is 4.98 Å². The van der Waals surface area contributed by atoms with Crippen molar-refractivity contribution in [2.45, 2.75) is 6.61 Å². The van der Waals surface area contributed by atoms with Crippen LogP contribution in [0.25, 0.3) is 11.5 Å². The smallest absolute Gasteiger partial charge is 0.376 e. The maximum absolute atomic E-state index is 13.4. The van der Waals surface area contributed by atoms with Gasteiger partial charge in [-0.25, -0.2) is 14.2 Å². The van der Waals surface area contributed by atoms with E-state index >= 15 is 0 Å². The fraction of sp³-hybridized carbons (Fsp3) is 0.231. The summed E-state index contributed by atoms with van der Waals surface area (Å²) in [5, 5.41) is -0.00869. The van der Waals surface area contributed by atoms with Crippen LogP contribution in [0.2, 0.25) is 5.02 Å². The lowest BCUT2D eigenvalue weighted by atomic mass is 10.2. The fourth-order valence-electron chi connectivity index (χ4n) is 1.59. The number of carbonyl (C=O) groups excluding carboxylic acids is 1. The summed E-state index contributed by atoms with van der Waals surface area (Å²) in [5.41, 5.74) is 0.643. The fourth-order valence-corrected chi connectivity index (χ4v) is 1.71. The van der Waals surface area contributed by atoms with Gasteiger partial charge in [-0.3, -0.25) is 0 Å². The molecule has 0 radical (unpaired) electrons. The maximum Gasteiger partial charge on any atom is 0.376 e. The Kier molecular flexibility index (Phi) is 4.36. The molecule has 0 saturated heterocycles. The summed E-state index contributed by atoms with van der Waals surface area (Å²) < 4.78 is 28.3. The number of carbonyl (C=O) groups is 1. The summed E-state index contributed by atoms with van der Waals surface area (Å²) in [5.74, 6) is -1.26. The summed E-state index contributed by atoms with van der Waals surface area (Å²) >= 11 is 5.61. The van der Waals surface area contributed by atoms with Gasteiger partial charge in [-0.2, -0.15) is 0 Å². The number of rotatable bonds is 4. The molecule has 0 aliphatic heterocycles. The maximum atomic E-state index is 13.4. The summed E-state index contributed by atoms with van der Waals surface area (Å²) in [7, 11) is 2.68. The van der Waals surface area contributed by atoms with Crippen molar-refractivity contribution in [2.75, 3.05) is 14.2 Å². The lowest BCUT2D eigenvalue weighted by Crippen LogP contribution is -2.04. The number of methoxy groups -OCH3 is 2. The van der Waals surface area contributed by atoms with Crippen LogP contribution in [0.15, 0.2) is 22.6 Å². The third kappa shape index (κ3) is 2.81. The number of aromatic nitrogens is 1.